The average Bonchev–Trinajstić information content (AvgIpc) is 2.95. The summed E-state index contributed by atoms with van der Waals surface area (Å²) in [6, 6.07) is -0.852. The number of urea groups is 1. The highest BCUT2D eigenvalue weighted by atomic mass is 32.2. The van der Waals surface area contributed by atoms with Crippen LogP contribution in [0.15, 0.2) is 4.79 Å². The third-order valence-electron chi connectivity index (χ3n) is 4.46. The first-order valence-corrected chi connectivity index (χ1v) is 9.29. The fourth-order valence-electron chi connectivity index (χ4n) is 3.00. The molecule has 3 heterocycles. The predicted octanol–water partition coefficient (Wildman–Crippen LogP) is -0.589. The molecule has 146 valence electrons. The van der Waals surface area contributed by atoms with E-state index in [1.54, 1.807) is 0 Å². The number of fused-ring (bicyclic) bond motifs is 1. The van der Waals surface area contributed by atoms with Crippen LogP contribution in [0.5, 0.6) is 0 Å². The lowest BCUT2D eigenvalue weighted by Crippen LogP contribution is -2.53. The average molecular weight is 398 g/mol. The minimum atomic E-state index is -5.34. The molecule has 3 rings (SSSR count). The Labute approximate surface area is 146 Å². The number of sulfonamides is 1. The molecule has 2 aliphatic rings. The smallest absolute Gasteiger partial charge is 0.335 e. The van der Waals surface area contributed by atoms with E-state index in [9.17, 15) is 31.2 Å². The van der Waals surface area contributed by atoms with Crippen LogP contribution in [-0.2, 0) is 23.1 Å². The Morgan fingerprint density at radius 1 is 1.19 bits per heavy atom. The van der Waals surface area contributed by atoms with Crippen LogP contribution in [-0.4, -0.2) is 69.6 Å². The highest BCUT2D eigenvalue weighted by Gasteiger charge is 2.50. The first kappa shape index (κ1) is 18.7. The number of piperidine rings is 1. The van der Waals surface area contributed by atoms with Gasteiger partial charge in [0.05, 0.1) is 6.54 Å². The number of alkyl halides is 3. The number of hydrogen-bond acceptors (Lipinski definition) is 5. The van der Waals surface area contributed by atoms with Gasteiger partial charge in [0.2, 0.25) is 0 Å². The molecule has 0 atom stereocenters. The molecular weight excluding hydrogens is 381 g/mol. The van der Waals surface area contributed by atoms with Gasteiger partial charge in [0.1, 0.15) is 0 Å². The molecule has 1 aromatic rings. The molecule has 0 spiro atoms. The standard InChI is InChI=1S/C12H17F3N6O4S/c13-12(14,15)26(24,25)20-3-1-8(2-4-20)16-10(22)19-5-6-21-9(7-19)17-18-11(21)23/h8H,1-7H2,(H,16,22)(H,18,23). The second kappa shape index (κ2) is 6.57. The summed E-state index contributed by atoms with van der Waals surface area (Å²) in [4.78, 5) is 25.2. The number of carbonyl (C=O) groups excluding carboxylic acids is 1. The van der Waals surface area contributed by atoms with Gasteiger partial charge >= 0.3 is 27.3 Å². The maximum absolute atomic E-state index is 12.6. The zero-order valence-electron chi connectivity index (χ0n) is 13.5. The Bertz CT molecular complexity index is 840. The summed E-state index contributed by atoms with van der Waals surface area (Å²) in [5, 5.41) is 8.81. The Balaban J connectivity index is 1.54. The summed E-state index contributed by atoms with van der Waals surface area (Å²) in [7, 11) is -5.34. The van der Waals surface area contributed by atoms with Gasteiger partial charge in [-0.2, -0.15) is 22.6 Å². The normalized spacial score (nSPS) is 20.0. The van der Waals surface area contributed by atoms with Gasteiger partial charge in [-0.05, 0) is 12.8 Å². The van der Waals surface area contributed by atoms with Crippen molar-refractivity contribution < 1.29 is 26.4 Å². The molecule has 14 heteroatoms. The largest absolute Gasteiger partial charge is 0.511 e. The fourth-order valence-corrected chi connectivity index (χ4v) is 3.98. The first-order valence-electron chi connectivity index (χ1n) is 7.85. The van der Waals surface area contributed by atoms with E-state index in [2.05, 4.69) is 15.5 Å². The van der Waals surface area contributed by atoms with Crippen LogP contribution in [0.2, 0.25) is 0 Å². The number of amides is 2. The van der Waals surface area contributed by atoms with Crippen molar-refractivity contribution in [3.63, 3.8) is 0 Å². The maximum atomic E-state index is 12.6. The zero-order chi connectivity index (χ0) is 19.1. The number of nitrogens with one attached hydrogen (secondary N) is 2. The highest BCUT2D eigenvalue weighted by Crippen LogP contribution is 2.29. The van der Waals surface area contributed by atoms with Gasteiger partial charge in [-0.1, -0.05) is 0 Å². The maximum Gasteiger partial charge on any atom is 0.511 e. The van der Waals surface area contributed by atoms with Gasteiger partial charge in [-0.15, -0.1) is 0 Å². The number of aromatic nitrogens is 3. The van der Waals surface area contributed by atoms with Crippen molar-refractivity contribution in [1.82, 2.24) is 29.3 Å². The van der Waals surface area contributed by atoms with Crippen LogP contribution >= 0.6 is 0 Å². The van der Waals surface area contributed by atoms with Crippen LogP contribution in [0.4, 0.5) is 18.0 Å². The van der Waals surface area contributed by atoms with Crippen LogP contribution in [0, 0.1) is 0 Å². The van der Waals surface area contributed by atoms with Crippen molar-refractivity contribution in [2.45, 2.75) is 37.5 Å². The Hall–Kier alpha value is -2.09. The second-order valence-electron chi connectivity index (χ2n) is 6.09. The molecule has 2 amide bonds. The summed E-state index contributed by atoms with van der Waals surface area (Å²) >= 11 is 0. The minimum Gasteiger partial charge on any atom is -0.335 e. The summed E-state index contributed by atoms with van der Waals surface area (Å²) in [6.07, 6.45) is 0.171. The number of hydrogen-bond donors (Lipinski definition) is 2. The summed E-state index contributed by atoms with van der Waals surface area (Å²) in [5.74, 6) is 0.419. The molecular formula is C12H17F3N6O4S. The van der Waals surface area contributed by atoms with Gasteiger partial charge in [0.15, 0.2) is 5.82 Å². The molecule has 0 aromatic carbocycles. The Kier molecular flexibility index (Phi) is 4.72. The number of aromatic amines is 1. The molecule has 2 N–H and O–H groups in total. The second-order valence-corrected chi connectivity index (χ2v) is 8.02. The Morgan fingerprint density at radius 3 is 2.46 bits per heavy atom. The van der Waals surface area contributed by atoms with E-state index in [-0.39, 0.29) is 38.2 Å². The van der Waals surface area contributed by atoms with Crippen molar-refractivity contribution in [2.24, 2.45) is 0 Å². The SMILES string of the molecule is O=C(NC1CCN(S(=O)(=O)C(F)(F)F)CC1)N1CCn2c(n[nH]c2=O)C1. The molecule has 1 saturated heterocycles. The summed E-state index contributed by atoms with van der Waals surface area (Å²) in [5.41, 5.74) is -5.67. The van der Waals surface area contributed by atoms with Gasteiger partial charge in [-0.25, -0.2) is 23.1 Å². The van der Waals surface area contributed by atoms with E-state index >= 15 is 0 Å². The van der Waals surface area contributed by atoms with E-state index < -0.39 is 27.6 Å². The predicted molar refractivity (Wildman–Crippen MR) is 81.4 cm³/mol. The lowest BCUT2D eigenvalue weighted by molar-refractivity contribution is -0.0495. The summed E-state index contributed by atoms with van der Waals surface area (Å²) < 4.78 is 62.2. The fraction of sp³-hybridized carbons (Fsp3) is 0.750. The molecule has 1 fully saturated rings. The molecule has 0 saturated carbocycles. The monoisotopic (exact) mass is 398 g/mol. The lowest BCUT2D eigenvalue weighted by atomic mass is 10.1. The van der Waals surface area contributed by atoms with Crippen LogP contribution < -0.4 is 11.0 Å². The first-order chi connectivity index (χ1) is 12.1. The Morgan fingerprint density at radius 2 is 1.85 bits per heavy atom. The molecule has 1 aromatic heterocycles. The van der Waals surface area contributed by atoms with E-state index in [1.807, 2.05) is 0 Å². The molecule has 0 unspecified atom stereocenters. The number of halogens is 3. The van der Waals surface area contributed by atoms with Gasteiger partial charge < -0.3 is 10.2 Å². The quantitative estimate of drug-likeness (QED) is 0.690. The van der Waals surface area contributed by atoms with Crippen molar-refractivity contribution >= 4 is 16.1 Å². The summed E-state index contributed by atoms with van der Waals surface area (Å²) in [6.45, 7) is 0.0865. The minimum absolute atomic E-state index is 0.0853. The lowest BCUT2D eigenvalue weighted by Gasteiger charge is -2.34. The van der Waals surface area contributed by atoms with E-state index in [0.29, 0.717) is 23.2 Å². The zero-order valence-corrected chi connectivity index (χ0v) is 14.3. The number of nitrogens with zero attached hydrogens (tertiary/aromatic N) is 4. The third kappa shape index (κ3) is 3.42. The number of H-pyrrole nitrogens is 1. The van der Waals surface area contributed by atoms with Crippen molar-refractivity contribution in [2.75, 3.05) is 19.6 Å². The molecule has 0 bridgehead atoms. The third-order valence-corrected chi connectivity index (χ3v) is 6.09. The van der Waals surface area contributed by atoms with Crippen molar-refractivity contribution in [3.05, 3.63) is 16.3 Å². The van der Waals surface area contributed by atoms with Crippen molar-refractivity contribution in [1.29, 1.82) is 0 Å². The van der Waals surface area contributed by atoms with Crippen molar-refractivity contribution in [3.8, 4) is 0 Å². The molecule has 26 heavy (non-hydrogen) atoms. The molecule has 0 radical (unpaired) electrons. The van der Waals surface area contributed by atoms with E-state index in [0.717, 1.165) is 0 Å². The molecule has 0 aliphatic carbocycles. The van der Waals surface area contributed by atoms with Gasteiger partial charge in [-0.3, -0.25) is 4.57 Å². The van der Waals surface area contributed by atoms with E-state index in [4.69, 9.17) is 0 Å². The molecule has 10 nitrogen and oxygen atoms in total. The molecule has 2 aliphatic heterocycles. The number of rotatable bonds is 2. The van der Waals surface area contributed by atoms with Crippen LogP contribution in [0.3, 0.4) is 0 Å². The topological polar surface area (TPSA) is 120 Å². The highest BCUT2D eigenvalue weighted by molar-refractivity contribution is 7.90. The number of carbonyl (C=O) groups is 1. The van der Waals surface area contributed by atoms with E-state index in [1.165, 1.54) is 9.47 Å². The van der Waals surface area contributed by atoms with Crippen LogP contribution in [0.25, 0.3) is 0 Å². The van der Waals surface area contributed by atoms with Crippen LogP contribution in [0.1, 0.15) is 18.7 Å². The van der Waals surface area contributed by atoms with Gasteiger partial charge in [0, 0.05) is 32.2 Å². The van der Waals surface area contributed by atoms with Gasteiger partial charge in [0.25, 0.3) is 0 Å².